The second-order valence-corrected chi connectivity index (χ2v) is 11.8. The maximum absolute atomic E-state index is 12.5. The summed E-state index contributed by atoms with van der Waals surface area (Å²) in [6.07, 6.45) is 0.330. The summed E-state index contributed by atoms with van der Waals surface area (Å²) in [6, 6.07) is 21.6. The number of nitrogens with zero attached hydrogens (tertiary/aromatic N) is 1. The number of aliphatic hydroxyl groups excluding tert-OH is 1. The highest BCUT2D eigenvalue weighted by Gasteiger charge is 2.32. The first-order chi connectivity index (χ1) is 23.7. The zero-order valence-electron chi connectivity index (χ0n) is 27.4. The normalized spacial score (nSPS) is 15.0. The number of rotatable bonds is 14. The fraction of sp³-hybridized carbons (Fsp3) is 0.250. The van der Waals surface area contributed by atoms with Crippen molar-refractivity contribution in [2.75, 3.05) is 27.4 Å². The van der Waals surface area contributed by atoms with Crippen molar-refractivity contribution < 1.29 is 38.4 Å². The van der Waals surface area contributed by atoms with Gasteiger partial charge in [0.15, 0.2) is 29.2 Å². The average Bonchev–Trinajstić information content (AvgIpc) is 3.09. The van der Waals surface area contributed by atoms with Gasteiger partial charge in [0.1, 0.15) is 13.2 Å². The van der Waals surface area contributed by atoms with Crippen molar-refractivity contribution in [3.8, 4) is 23.0 Å². The fourth-order valence-corrected chi connectivity index (χ4v) is 5.83. The Labute approximate surface area is 292 Å². The molecule has 0 fully saturated rings. The van der Waals surface area contributed by atoms with E-state index < -0.39 is 24.3 Å². The zero-order valence-corrected chi connectivity index (χ0v) is 29.0. The molecule has 4 aromatic carbocycles. The molecular weight excluding hydrogens is 696 g/mol. The molecule has 0 aromatic heterocycles. The molecule has 0 saturated heterocycles. The first kappa shape index (κ1) is 35.0. The number of amides is 2. The van der Waals surface area contributed by atoms with Gasteiger partial charge < -0.3 is 39.4 Å². The van der Waals surface area contributed by atoms with Crippen molar-refractivity contribution in [1.29, 1.82) is 0 Å². The van der Waals surface area contributed by atoms with Crippen LogP contribution < -0.4 is 35.0 Å². The van der Waals surface area contributed by atoms with Gasteiger partial charge in [-0.15, -0.1) is 0 Å². The monoisotopic (exact) mass is 732 g/mol. The van der Waals surface area contributed by atoms with Crippen LogP contribution in [0.15, 0.2) is 93.6 Å². The Hall–Kier alpha value is -5.27. The van der Waals surface area contributed by atoms with Crippen LogP contribution in [0.4, 0.5) is 4.79 Å². The van der Waals surface area contributed by atoms with Crippen LogP contribution >= 0.6 is 15.9 Å². The SMILES string of the molecule is CCOc1cc([C@@H]2NC(=O)NC(C)=C2C(=O)OC)ccc1OC[C@H](O)N/N=C/c1cc(Br)cc(OC)c1OCc1cccc2ccccc12. The number of fused-ring (bicyclic) bond motifs is 1. The zero-order chi connectivity index (χ0) is 34.9. The lowest BCUT2D eigenvalue weighted by Crippen LogP contribution is -2.45. The van der Waals surface area contributed by atoms with Crippen LogP contribution in [0.25, 0.3) is 10.8 Å². The number of hydrogen-bond acceptors (Lipinski definition) is 10. The van der Waals surface area contributed by atoms with Crippen molar-refractivity contribution in [2.24, 2.45) is 5.10 Å². The number of allylic oxidation sites excluding steroid dienone is 1. The molecule has 0 unspecified atom stereocenters. The Bertz CT molecular complexity index is 1890. The Kier molecular flexibility index (Phi) is 11.6. The van der Waals surface area contributed by atoms with E-state index in [0.717, 1.165) is 20.8 Å². The largest absolute Gasteiger partial charge is 0.493 e. The molecule has 5 rings (SSSR count). The molecule has 0 spiro atoms. The van der Waals surface area contributed by atoms with Crippen LogP contribution in [0.3, 0.4) is 0 Å². The summed E-state index contributed by atoms with van der Waals surface area (Å²) in [6.45, 7) is 3.88. The smallest absolute Gasteiger partial charge is 0.337 e. The fourth-order valence-electron chi connectivity index (χ4n) is 5.37. The summed E-state index contributed by atoms with van der Waals surface area (Å²) >= 11 is 3.51. The summed E-state index contributed by atoms with van der Waals surface area (Å²) in [5.74, 6) is 1.13. The number of nitrogens with one attached hydrogen (secondary N) is 3. The van der Waals surface area contributed by atoms with E-state index >= 15 is 0 Å². The highest BCUT2D eigenvalue weighted by molar-refractivity contribution is 9.10. The van der Waals surface area contributed by atoms with Crippen molar-refractivity contribution in [1.82, 2.24) is 16.1 Å². The van der Waals surface area contributed by atoms with Crippen LogP contribution in [-0.4, -0.2) is 57.0 Å². The molecule has 0 aliphatic carbocycles. The van der Waals surface area contributed by atoms with Gasteiger partial charge in [0.25, 0.3) is 0 Å². The molecule has 2 amide bonds. The van der Waals surface area contributed by atoms with Crippen molar-refractivity contribution in [3.63, 3.8) is 0 Å². The molecule has 1 aliphatic rings. The molecule has 12 nitrogen and oxygen atoms in total. The van der Waals surface area contributed by atoms with Crippen molar-refractivity contribution in [2.45, 2.75) is 32.7 Å². The molecule has 2 atom stereocenters. The maximum atomic E-state index is 12.5. The van der Waals surface area contributed by atoms with Crippen LogP contribution in [0.1, 0.15) is 36.6 Å². The topological polar surface area (TPSA) is 149 Å². The predicted molar refractivity (Wildman–Crippen MR) is 188 cm³/mol. The first-order valence-electron chi connectivity index (χ1n) is 15.4. The molecule has 0 radical (unpaired) electrons. The molecule has 1 aliphatic heterocycles. The minimum Gasteiger partial charge on any atom is -0.493 e. The van der Waals surface area contributed by atoms with Gasteiger partial charge in [0.05, 0.1) is 38.7 Å². The summed E-state index contributed by atoms with van der Waals surface area (Å²) < 4.78 is 29.2. The van der Waals surface area contributed by atoms with Crippen molar-refractivity contribution >= 4 is 44.9 Å². The molecule has 256 valence electrons. The van der Waals surface area contributed by atoms with Crippen LogP contribution in [0.2, 0.25) is 0 Å². The number of urea groups is 1. The van der Waals surface area contributed by atoms with Gasteiger partial charge >= 0.3 is 12.0 Å². The molecular formula is C36H37BrN4O8. The van der Waals surface area contributed by atoms with Crippen LogP contribution in [0.5, 0.6) is 23.0 Å². The molecule has 49 heavy (non-hydrogen) atoms. The number of ether oxygens (including phenoxy) is 5. The lowest BCUT2D eigenvalue weighted by Gasteiger charge is -2.28. The Morgan fingerprint density at radius 2 is 1.82 bits per heavy atom. The third-order valence-electron chi connectivity index (χ3n) is 7.62. The summed E-state index contributed by atoms with van der Waals surface area (Å²) in [5.41, 5.74) is 5.53. The van der Waals surface area contributed by atoms with E-state index in [1.165, 1.54) is 13.3 Å². The Morgan fingerprint density at radius 1 is 1.02 bits per heavy atom. The first-order valence-corrected chi connectivity index (χ1v) is 16.2. The molecule has 1 heterocycles. The van der Waals surface area contributed by atoms with E-state index in [1.54, 1.807) is 38.3 Å². The predicted octanol–water partition coefficient (Wildman–Crippen LogP) is 5.71. The highest BCUT2D eigenvalue weighted by Crippen LogP contribution is 2.36. The minimum absolute atomic E-state index is 0.181. The number of aliphatic hydroxyl groups is 1. The van der Waals surface area contributed by atoms with Gasteiger partial charge in [-0.1, -0.05) is 64.5 Å². The van der Waals surface area contributed by atoms with Crippen LogP contribution in [0, 0.1) is 0 Å². The number of carbonyl (C=O) groups is 2. The third kappa shape index (κ3) is 8.42. The quantitative estimate of drug-likeness (QED) is 0.0554. The lowest BCUT2D eigenvalue weighted by molar-refractivity contribution is -0.136. The van der Waals surface area contributed by atoms with E-state index in [-0.39, 0.29) is 12.2 Å². The number of hydrazone groups is 1. The van der Waals surface area contributed by atoms with Crippen LogP contribution in [-0.2, 0) is 16.1 Å². The molecule has 0 saturated carbocycles. The van der Waals surface area contributed by atoms with E-state index in [9.17, 15) is 14.7 Å². The average molecular weight is 734 g/mol. The number of hydrogen-bond donors (Lipinski definition) is 4. The van der Waals surface area contributed by atoms with Gasteiger partial charge in [-0.25, -0.2) is 9.59 Å². The number of benzene rings is 4. The van der Waals surface area contributed by atoms with E-state index in [2.05, 4.69) is 55.3 Å². The molecule has 0 bridgehead atoms. The van der Waals surface area contributed by atoms with Gasteiger partial charge in [-0.05, 0) is 60.0 Å². The molecule has 4 N–H and O–H groups in total. The molecule has 4 aromatic rings. The summed E-state index contributed by atoms with van der Waals surface area (Å²) in [5, 5.41) is 22.5. The van der Waals surface area contributed by atoms with E-state index in [1.807, 2.05) is 37.3 Å². The van der Waals surface area contributed by atoms with Gasteiger partial charge in [0.2, 0.25) is 0 Å². The highest BCUT2D eigenvalue weighted by atomic mass is 79.9. The standard InChI is InChI=1S/C36H37BrN4O8/c1-5-47-29-16-23(33-32(35(43)46-4)21(2)39-36(44)40-33)13-14-28(29)48-20-31(42)41-38-18-25-15-26(37)17-30(45-3)34(25)49-19-24-11-8-10-22-9-6-7-12-27(22)24/h6-18,31,33,41-42H,5,19-20H2,1-4H3,(H2,39,40,44)/b38-18+/t31-,33-/m0/s1. The second-order valence-electron chi connectivity index (χ2n) is 10.9. The Morgan fingerprint density at radius 3 is 2.59 bits per heavy atom. The number of halogens is 1. The lowest BCUT2D eigenvalue weighted by atomic mass is 9.95. The number of methoxy groups -OCH3 is 2. The third-order valence-corrected chi connectivity index (χ3v) is 8.08. The minimum atomic E-state index is -1.19. The second kappa shape index (κ2) is 16.2. The van der Waals surface area contributed by atoms with E-state index in [0.29, 0.717) is 53.0 Å². The van der Waals surface area contributed by atoms with Gasteiger partial charge in [0, 0.05) is 15.7 Å². The Balaban J connectivity index is 1.27. The number of esters is 1. The number of carbonyl (C=O) groups excluding carboxylic acids is 2. The summed E-state index contributed by atoms with van der Waals surface area (Å²) in [7, 11) is 2.84. The summed E-state index contributed by atoms with van der Waals surface area (Å²) in [4.78, 5) is 24.7. The van der Waals surface area contributed by atoms with Gasteiger partial charge in [-0.2, -0.15) is 5.10 Å². The van der Waals surface area contributed by atoms with Crippen molar-refractivity contribution in [3.05, 3.63) is 105 Å². The van der Waals surface area contributed by atoms with E-state index in [4.69, 9.17) is 23.7 Å². The molecule has 13 heteroatoms. The van der Waals surface area contributed by atoms with Gasteiger partial charge in [-0.3, -0.25) is 5.43 Å². The maximum Gasteiger partial charge on any atom is 0.337 e.